The number of nitro groups is 1. The molecule has 5 rings (SSSR count). The van der Waals surface area contributed by atoms with E-state index in [1.807, 2.05) is 31.2 Å². The third-order valence-corrected chi connectivity index (χ3v) is 4.76. The Morgan fingerprint density at radius 3 is 2.65 bits per heavy atom. The van der Waals surface area contributed by atoms with Crippen LogP contribution < -0.4 is 14.2 Å². The third kappa shape index (κ3) is 5.28. The minimum absolute atomic E-state index is 0.0632. The van der Waals surface area contributed by atoms with Gasteiger partial charge in [-0.15, -0.1) is 5.10 Å². The first-order valence-electron chi connectivity index (χ1n) is 10.2. The van der Waals surface area contributed by atoms with Crippen molar-refractivity contribution in [2.24, 2.45) is 0 Å². The zero-order valence-corrected chi connectivity index (χ0v) is 18.4. The molecule has 1 aliphatic rings. The van der Waals surface area contributed by atoms with Crippen LogP contribution in [0.5, 0.6) is 17.5 Å². The molecular weight excluding hydrogens is 447 g/mol. The number of benzene rings is 2. The summed E-state index contributed by atoms with van der Waals surface area (Å²) in [5, 5.41) is 18.3. The topological polar surface area (TPSA) is 119 Å². The van der Waals surface area contributed by atoms with E-state index in [1.165, 1.54) is 12.3 Å². The summed E-state index contributed by atoms with van der Waals surface area (Å²) in [7, 11) is 1.61. The van der Waals surface area contributed by atoms with Crippen molar-refractivity contribution in [3.63, 3.8) is 0 Å². The molecule has 0 saturated heterocycles. The Labute approximate surface area is 193 Å². The van der Waals surface area contributed by atoms with Gasteiger partial charge in [-0.2, -0.15) is 0 Å². The monoisotopic (exact) mass is 468 g/mol. The summed E-state index contributed by atoms with van der Waals surface area (Å²) >= 11 is 0. The summed E-state index contributed by atoms with van der Waals surface area (Å²) in [5.41, 5.74) is 1.46. The zero-order chi connectivity index (χ0) is 24.1. The number of ether oxygens (including phenoxy) is 3. The van der Waals surface area contributed by atoms with Gasteiger partial charge in [0.05, 0.1) is 25.5 Å². The quantitative estimate of drug-likeness (QED) is 0.311. The summed E-state index contributed by atoms with van der Waals surface area (Å²) in [6.45, 7) is 2.67. The summed E-state index contributed by atoms with van der Waals surface area (Å²) in [6.07, 6.45) is 3.19. The van der Waals surface area contributed by atoms with Crippen molar-refractivity contribution in [2.75, 3.05) is 7.11 Å². The summed E-state index contributed by atoms with van der Waals surface area (Å²) in [4.78, 5) is 13.4. The van der Waals surface area contributed by atoms with Crippen molar-refractivity contribution in [1.29, 1.82) is 0 Å². The van der Waals surface area contributed by atoms with Gasteiger partial charge in [0.2, 0.25) is 0 Å². The molecule has 0 bridgehead atoms. The fraction of sp³-hybridized carbons (Fsp3) is 0.227. The highest BCUT2D eigenvalue weighted by Gasteiger charge is 2.28. The second-order valence-electron chi connectivity index (χ2n) is 7.29. The lowest BCUT2D eigenvalue weighted by molar-refractivity contribution is -0.389. The molecular formula is C22H21FN6O5. The first kappa shape index (κ1) is 22.7. The molecule has 2 aromatic heterocycles. The number of imidazole rings is 1. The van der Waals surface area contributed by atoms with Crippen LogP contribution in [-0.4, -0.2) is 42.7 Å². The van der Waals surface area contributed by atoms with E-state index in [0.717, 1.165) is 11.4 Å². The number of nitrogens with zero attached hydrogens (tertiary/aromatic N) is 6. The number of rotatable bonds is 6. The van der Waals surface area contributed by atoms with Gasteiger partial charge in [-0.3, -0.25) is 4.57 Å². The number of hydrogen-bond donors (Lipinski definition) is 0. The Bertz CT molecular complexity index is 1250. The second kappa shape index (κ2) is 9.98. The van der Waals surface area contributed by atoms with Crippen molar-refractivity contribution >= 4 is 5.82 Å². The number of fused-ring (bicyclic) bond motifs is 1. The third-order valence-electron chi connectivity index (χ3n) is 4.76. The Kier molecular flexibility index (Phi) is 6.67. The lowest BCUT2D eigenvalue weighted by atomic mass is 10.3. The molecule has 12 heteroatoms. The lowest BCUT2D eigenvalue weighted by Crippen LogP contribution is -2.08. The van der Waals surface area contributed by atoms with Crippen molar-refractivity contribution in [2.45, 2.75) is 26.2 Å². The first-order chi connectivity index (χ1) is 16.4. The highest BCUT2D eigenvalue weighted by molar-refractivity contribution is 5.36. The van der Waals surface area contributed by atoms with Crippen LogP contribution in [0.15, 0.2) is 60.9 Å². The van der Waals surface area contributed by atoms with Crippen molar-refractivity contribution in [3.8, 4) is 23.2 Å². The van der Waals surface area contributed by atoms with Crippen LogP contribution in [0.4, 0.5) is 10.2 Å². The van der Waals surface area contributed by atoms with E-state index in [-0.39, 0.29) is 24.3 Å². The van der Waals surface area contributed by atoms with Gasteiger partial charge in [0.1, 0.15) is 30.4 Å². The smallest absolute Gasteiger partial charge is 0.414 e. The van der Waals surface area contributed by atoms with Crippen LogP contribution in [0.3, 0.4) is 0 Å². The Balaban J connectivity index is 0.000000192. The maximum Gasteiger partial charge on any atom is 0.414 e. The number of para-hydroxylation sites is 1. The van der Waals surface area contributed by atoms with E-state index in [1.54, 1.807) is 40.8 Å². The predicted octanol–water partition coefficient (Wildman–Crippen LogP) is 3.57. The first-order valence-corrected chi connectivity index (χ1v) is 10.2. The Hall–Kier alpha value is -4.48. The van der Waals surface area contributed by atoms with Gasteiger partial charge >= 0.3 is 11.8 Å². The molecule has 2 aromatic carbocycles. The standard InChI is InChI=1S/C16H14FN3O2.C6H7N3O3/c1-21-14-8-6-13(7-9-14)20-10-12(18-19-20)11-22-16-5-3-2-4-15(16)17;1-4-2-8-3-5(9(10)11)7-6(8)12-4/h2-10H,11H2,1H3;3-4H,2H2,1H3. The Morgan fingerprint density at radius 1 is 1.21 bits per heavy atom. The van der Waals surface area contributed by atoms with Gasteiger partial charge in [0, 0.05) is 4.98 Å². The highest BCUT2D eigenvalue weighted by Crippen LogP contribution is 2.24. The normalized spacial score (nSPS) is 13.9. The fourth-order valence-electron chi connectivity index (χ4n) is 3.13. The number of hydrogen-bond acceptors (Lipinski definition) is 8. The van der Waals surface area contributed by atoms with E-state index in [0.29, 0.717) is 18.2 Å². The van der Waals surface area contributed by atoms with Gasteiger partial charge < -0.3 is 24.3 Å². The van der Waals surface area contributed by atoms with E-state index in [4.69, 9.17) is 14.2 Å². The zero-order valence-electron chi connectivity index (χ0n) is 18.4. The largest absolute Gasteiger partial charge is 0.497 e. The van der Waals surface area contributed by atoms with E-state index < -0.39 is 10.7 Å². The van der Waals surface area contributed by atoms with Crippen LogP contribution in [0.1, 0.15) is 12.6 Å². The predicted molar refractivity (Wildman–Crippen MR) is 118 cm³/mol. The Morgan fingerprint density at radius 2 is 1.97 bits per heavy atom. The van der Waals surface area contributed by atoms with Crippen molar-refractivity contribution < 1.29 is 23.5 Å². The van der Waals surface area contributed by atoms with E-state index in [9.17, 15) is 14.5 Å². The van der Waals surface area contributed by atoms with Crippen molar-refractivity contribution in [3.05, 3.63) is 82.6 Å². The summed E-state index contributed by atoms with van der Waals surface area (Å²) in [6, 6.07) is 14.0. The maximum absolute atomic E-state index is 13.5. The van der Waals surface area contributed by atoms with Gasteiger partial charge in [-0.05, 0) is 48.2 Å². The molecule has 1 aliphatic heterocycles. The minimum atomic E-state index is -0.528. The molecule has 1 unspecified atom stereocenters. The van der Waals surface area contributed by atoms with Crippen LogP contribution in [0, 0.1) is 15.9 Å². The van der Waals surface area contributed by atoms with Crippen LogP contribution >= 0.6 is 0 Å². The summed E-state index contributed by atoms with van der Waals surface area (Å²) < 4.78 is 32.4. The SMILES string of the molecule is CC1Cn2cc([N+](=O)[O-])nc2O1.COc1ccc(-n2cc(COc3ccccc3F)nn2)cc1. The van der Waals surface area contributed by atoms with E-state index in [2.05, 4.69) is 15.3 Å². The molecule has 0 fully saturated rings. The number of halogens is 1. The van der Waals surface area contributed by atoms with Gasteiger partial charge in [-0.1, -0.05) is 17.3 Å². The molecule has 0 saturated carbocycles. The average Bonchev–Trinajstić information content (AvgIpc) is 3.54. The molecule has 4 aromatic rings. The molecule has 34 heavy (non-hydrogen) atoms. The van der Waals surface area contributed by atoms with Crippen LogP contribution in [0.25, 0.3) is 5.69 Å². The van der Waals surface area contributed by atoms with Crippen LogP contribution in [0.2, 0.25) is 0 Å². The van der Waals surface area contributed by atoms with Crippen LogP contribution in [-0.2, 0) is 13.2 Å². The maximum atomic E-state index is 13.5. The molecule has 11 nitrogen and oxygen atoms in total. The minimum Gasteiger partial charge on any atom is -0.497 e. The molecule has 0 spiro atoms. The molecule has 3 heterocycles. The van der Waals surface area contributed by atoms with E-state index >= 15 is 0 Å². The number of methoxy groups -OCH3 is 1. The molecule has 176 valence electrons. The molecule has 0 amide bonds. The molecule has 0 radical (unpaired) electrons. The summed E-state index contributed by atoms with van der Waals surface area (Å²) in [5.74, 6) is 0.412. The molecule has 1 atom stereocenters. The number of aromatic nitrogens is 5. The second-order valence-corrected chi connectivity index (χ2v) is 7.29. The average molecular weight is 468 g/mol. The van der Waals surface area contributed by atoms with Gasteiger partial charge in [0.15, 0.2) is 11.6 Å². The fourth-order valence-corrected chi connectivity index (χ4v) is 3.13. The van der Waals surface area contributed by atoms with Crippen molar-refractivity contribution in [1.82, 2.24) is 24.5 Å². The molecule has 0 aliphatic carbocycles. The highest BCUT2D eigenvalue weighted by atomic mass is 19.1. The molecule has 0 N–H and O–H groups in total. The van der Waals surface area contributed by atoms with Gasteiger partial charge in [-0.25, -0.2) is 9.07 Å². The van der Waals surface area contributed by atoms with Gasteiger partial charge in [0.25, 0.3) is 0 Å². The lowest BCUT2D eigenvalue weighted by Gasteiger charge is -2.04.